The molecule has 1 aliphatic rings. The van der Waals surface area contributed by atoms with Crippen molar-refractivity contribution in [3.8, 4) is 0 Å². The van der Waals surface area contributed by atoms with E-state index >= 15 is 0 Å². The summed E-state index contributed by atoms with van der Waals surface area (Å²) in [5.41, 5.74) is 6.40. The minimum Gasteiger partial charge on any atom is -0.399 e. The lowest BCUT2D eigenvalue weighted by Crippen LogP contribution is -2.37. The SMILES string of the molecule is COC1CCN(c2cc(N)cc(Cl)n2)CC1. The highest BCUT2D eigenvalue weighted by atomic mass is 35.5. The van der Waals surface area contributed by atoms with Crippen molar-refractivity contribution < 1.29 is 4.74 Å². The Morgan fingerprint density at radius 2 is 2.12 bits per heavy atom. The number of piperidine rings is 1. The molecule has 2 heterocycles. The molecule has 0 unspecified atom stereocenters. The van der Waals surface area contributed by atoms with E-state index in [2.05, 4.69) is 9.88 Å². The van der Waals surface area contributed by atoms with Gasteiger partial charge in [-0.05, 0) is 18.9 Å². The fourth-order valence-corrected chi connectivity index (χ4v) is 2.20. The highest BCUT2D eigenvalue weighted by Gasteiger charge is 2.19. The van der Waals surface area contributed by atoms with Crippen LogP contribution in [0.1, 0.15) is 12.8 Å². The van der Waals surface area contributed by atoms with Crippen LogP contribution in [0, 0.1) is 0 Å². The molecule has 1 fully saturated rings. The maximum atomic E-state index is 5.88. The minimum atomic E-state index is 0.368. The van der Waals surface area contributed by atoms with Crippen molar-refractivity contribution in [3.05, 3.63) is 17.3 Å². The highest BCUT2D eigenvalue weighted by Crippen LogP contribution is 2.23. The number of aromatic nitrogens is 1. The Morgan fingerprint density at radius 1 is 1.44 bits per heavy atom. The van der Waals surface area contributed by atoms with Crippen molar-refractivity contribution >= 4 is 23.1 Å². The standard InChI is InChI=1S/C11H16ClN3O/c1-16-9-2-4-15(5-3-9)11-7-8(13)6-10(12)14-11/h6-7,9H,2-5H2,1H3,(H2,13,14). The van der Waals surface area contributed by atoms with Gasteiger partial charge in [0, 0.05) is 32.0 Å². The number of hydrogen-bond donors (Lipinski definition) is 1. The number of nitrogens with zero attached hydrogens (tertiary/aromatic N) is 2. The van der Waals surface area contributed by atoms with Gasteiger partial charge in [0.2, 0.25) is 0 Å². The number of nitrogens with two attached hydrogens (primary N) is 1. The van der Waals surface area contributed by atoms with E-state index in [1.807, 2.05) is 6.07 Å². The number of hydrogen-bond acceptors (Lipinski definition) is 4. The van der Waals surface area contributed by atoms with Crippen LogP contribution in [0.4, 0.5) is 11.5 Å². The zero-order chi connectivity index (χ0) is 11.5. The van der Waals surface area contributed by atoms with Gasteiger partial charge >= 0.3 is 0 Å². The lowest BCUT2D eigenvalue weighted by atomic mass is 10.1. The molecule has 88 valence electrons. The van der Waals surface area contributed by atoms with Crippen LogP contribution < -0.4 is 10.6 Å². The van der Waals surface area contributed by atoms with Gasteiger partial charge in [0.05, 0.1) is 6.10 Å². The molecule has 0 aromatic carbocycles. The van der Waals surface area contributed by atoms with Gasteiger partial charge in [-0.25, -0.2) is 4.98 Å². The number of halogens is 1. The van der Waals surface area contributed by atoms with Crippen LogP contribution in [-0.2, 0) is 4.74 Å². The van der Waals surface area contributed by atoms with E-state index < -0.39 is 0 Å². The topological polar surface area (TPSA) is 51.4 Å². The fourth-order valence-electron chi connectivity index (χ4n) is 1.98. The number of rotatable bonds is 2. The first-order chi connectivity index (χ1) is 7.69. The van der Waals surface area contributed by atoms with Crippen molar-refractivity contribution in [1.82, 2.24) is 4.98 Å². The quantitative estimate of drug-likeness (QED) is 0.804. The maximum Gasteiger partial charge on any atom is 0.133 e. The summed E-state index contributed by atoms with van der Waals surface area (Å²) in [5, 5.41) is 0.448. The Morgan fingerprint density at radius 3 is 2.69 bits per heavy atom. The lowest BCUT2D eigenvalue weighted by Gasteiger charge is -2.32. The second-order valence-corrected chi connectivity index (χ2v) is 4.39. The molecule has 1 aliphatic heterocycles. The van der Waals surface area contributed by atoms with E-state index in [0.29, 0.717) is 16.9 Å². The zero-order valence-corrected chi connectivity index (χ0v) is 10.1. The lowest BCUT2D eigenvalue weighted by molar-refractivity contribution is 0.0818. The summed E-state index contributed by atoms with van der Waals surface area (Å²) < 4.78 is 5.32. The van der Waals surface area contributed by atoms with Crippen LogP contribution in [0.5, 0.6) is 0 Å². The average molecular weight is 242 g/mol. The van der Waals surface area contributed by atoms with Crippen LogP contribution >= 0.6 is 11.6 Å². The second-order valence-electron chi connectivity index (χ2n) is 4.00. The molecule has 0 atom stereocenters. The van der Waals surface area contributed by atoms with Gasteiger partial charge in [0.25, 0.3) is 0 Å². The van der Waals surface area contributed by atoms with E-state index in [1.54, 1.807) is 13.2 Å². The Hall–Kier alpha value is -1.00. The number of pyridine rings is 1. The van der Waals surface area contributed by atoms with Crippen LogP contribution in [0.3, 0.4) is 0 Å². The molecule has 0 radical (unpaired) electrons. The molecular formula is C11H16ClN3O. The molecule has 0 aliphatic carbocycles. The first kappa shape index (κ1) is 11.5. The van der Waals surface area contributed by atoms with Crippen LogP contribution in [0.25, 0.3) is 0 Å². The number of anilines is 2. The number of methoxy groups -OCH3 is 1. The normalized spacial score (nSPS) is 17.8. The third kappa shape index (κ3) is 2.57. The number of nitrogen functional groups attached to an aromatic ring is 1. The van der Waals surface area contributed by atoms with Crippen molar-refractivity contribution in [1.29, 1.82) is 0 Å². The van der Waals surface area contributed by atoms with Gasteiger partial charge in [0.15, 0.2) is 0 Å². The van der Waals surface area contributed by atoms with Gasteiger partial charge in [0.1, 0.15) is 11.0 Å². The molecule has 1 saturated heterocycles. The largest absolute Gasteiger partial charge is 0.399 e. The summed E-state index contributed by atoms with van der Waals surface area (Å²) in [7, 11) is 1.76. The molecule has 2 N–H and O–H groups in total. The van der Waals surface area contributed by atoms with Crippen molar-refractivity contribution in [2.45, 2.75) is 18.9 Å². The molecule has 1 aromatic heterocycles. The van der Waals surface area contributed by atoms with E-state index in [-0.39, 0.29) is 0 Å². The van der Waals surface area contributed by atoms with Crippen LogP contribution in [0.15, 0.2) is 12.1 Å². The minimum absolute atomic E-state index is 0.368. The predicted molar refractivity (Wildman–Crippen MR) is 65.9 cm³/mol. The van der Waals surface area contributed by atoms with Gasteiger partial charge in [-0.2, -0.15) is 0 Å². The van der Waals surface area contributed by atoms with Gasteiger partial charge in [-0.15, -0.1) is 0 Å². The van der Waals surface area contributed by atoms with Gasteiger partial charge in [-0.3, -0.25) is 0 Å². The number of ether oxygens (including phenoxy) is 1. The monoisotopic (exact) mass is 241 g/mol. The summed E-state index contributed by atoms with van der Waals surface area (Å²) in [6, 6.07) is 3.52. The van der Waals surface area contributed by atoms with E-state index in [9.17, 15) is 0 Å². The predicted octanol–water partition coefficient (Wildman–Crippen LogP) is 1.93. The zero-order valence-electron chi connectivity index (χ0n) is 9.32. The average Bonchev–Trinajstić information content (AvgIpc) is 2.28. The molecule has 5 heteroatoms. The molecule has 2 rings (SSSR count). The molecule has 0 bridgehead atoms. The first-order valence-electron chi connectivity index (χ1n) is 5.40. The molecular weight excluding hydrogens is 226 g/mol. The van der Waals surface area contributed by atoms with Gasteiger partial charge in [-0.1, -0.05) is 11.6 Å². The van der Waals surface area contributed by atoms with Crippen molar-refractivity contribution in [2.75, 3.05) is 30.8 Å². The molecule has 1 aromatic rings. The summed E-state index contributed by atoms with van der Waals surface area (Å²) in [6.07, 6.45) is 2.41. The summed E-state index contributed by atoms with van der Waals surface area (Å²) in [5.74, 6) is 0.861. The Labute approximate surface area is 100 Å². The van der Waals surface area contributed by atoms with Crippen molar-refractivity contribution in [2.24, 2.45) is 0 Å². The molecule has 0 spiro atoms. The molecule has 0 saturated carbocycles. The molecule has 0 amide bonds. The fraction of sp³-hybridized carbons (Fsp3) is 0.545. The van der Waals surface area contributed by atoms with E-state index in [4.69, 9.17) is 22.1 Å². The maximum absolute atomic E-state index is 5.88. The van der Waals surface area contributed by atoms with E-state index in [0.717, 1.165) is 31.7 Å². The molecule has 16 heavy (non-hydrogen) atoms. The molecule has 4 nitrogen and oxygen atoms in total. The van der Waals surface area contributed by atoms with Crippen LogP contribution in [0.2, 0.25) is 5.15 Å². The smallest absolute Gasteiger partial charge is 0.133 e. The summed E-state index contributed by atoms with van der Waals surface area (Å²) >= 11 is 5.88. The third-order valence-corrected chi connectivity index (χ3v) is 3.10. The summed E-state index contributed by atoms with van der Waals surface area (Å²) in [4.78, 5) is 6.47. The summed E-state index contributed by atoms with van der Waals surface area (Å²) in [6.45, 7) is 1.87. The Bertz CT molecular complexity index is 344. The van der Waals surface area contributed by atoms with Crippen LogP contribution in [-0.4, -0.2) is 31.3 Å². The highest BCUT2D eigenvalue weighted by molar-refractivity contribution is 6.29. The van der Waals surface area contributed by atoms with Gasteiger partial charge < -0.3 is 15.4 Å². The second kappa shape index (κ2) is 4.89. The Balaban J connectivity index is 2.08. The van der Waals surface area contributed by atoms with Crippen molar-refractivity contribution in [3.63, 3.8) is 0 Å². The third-order valence-electron chi connectivity index (χ3n) is 2.90. The first-order valence-corrected chi connectivity index (χ1v) is 5.77. The Kier molecular flexibility index (Phi) is 3.51. The van der Waals surface area contributed by atoms with E-state index in [1.165, 1.54) is 0 Å².